The van der Waals surface area contributed by atoms with Crippen LogP contribution in [0.25, 0.3) is 72.0 Å². The van der Waals surface area contributed by atoms with Gasteiger partial charge >= 0.3 is 0 Å². The summed E-state index contributed by atoms with van der Waals surface area (Å²) in [5, 5.41) is 2.59. The van der Waals surface area contributed by atoms with Gasteiger partial charge in [0.1, 0.15) is 0 Å². The van der Waals surface area contributed by atoms with Gasteiger partial charge in [-0.15, -0.1) is 0 Å². The second-order valence-electron chi connectivity index (χ2n) is 16.0. The maximum Gasteiger partial charge on any atom is 0.0544 e. The minimum Gasteiger partial charge on any atom is -0.309 e. The van der Waals surface area contributed by atoms with Crippen LogP contribution in [0.4, 0.5) is 0 Å². The number of aromatic nitrogens is 1. The zero-order chi connectivity index (χ0) is 36.7. The summed E-state index contributed by atoms with van der Waals surface area (Å²) in [6.45, 7) is 4.75. The number of para-hydroxylation sites is 1. The molecule has 9 aromatic rings. The molecule has 0 saturated carbocycles. The van der Waals surface area contributed by atoms with Crippen molar-refractivity contribution in [2.75, 3.05) is 0 Å². The van der Waals surface area contributed by atoms with Crippen LogP contribution in [0.5, 0.6) is 0 Å². The Balaban J connectivity index is 1.06. The van der Waals surface area contributed by atoms with Crippen molar-refractivity contribution in [3.63, 3.8) is 0 Å². The van der Waals surface area contributed by atoms with E-state index >= 15 is 0 Å². The highest BCUT2D eigenvalue weighted by Gasteiger charge is 2.36. The van der Waals surface area contributed by atoms with E-state index in [2.05, 4.69) is 200 Å². The van der Waals surface area contributed by atoms with Crippen LogP contribution in [0.15, 0.2) is 182 Å². The molecule has 55 heavy (non-hydrogen) atoms. The summed E-state index contributed by atoms with van der Waals surface area (Å²) in [5.74, 6) is 0.327. The molecule has 1 heterocycles. The lowest BCUT2D eigenvalue weighted by Crippen LogP contribution is -2.14. The third-order valence-corrected chi connectivity index (χ3v) is 12.7. The molecule has 1 nitrogen and oxygen atoms in total. The standard InChI is InChI=1S/C54H41N/c1-54(2)50-23-12-11-22-45(50)47-33-49-48-32-39(27-29-52(48)55(53(49)34-51(47)54)41-18-7-4-8-19-41)38-25-24-36-26-28-42(43-20-9-10-21-44(43)46(36)31-38)40-17-13-16-37(30-40)35-14-5-3-6-15-35/h3-25,27,29-34,42H,26,28H2,1-2H3. The zero-order valence-electron chi connectivity index (χ0n) is 31.3. The van der Waals surface area contributed by atoms with E-state index in [1.165, 1.54) is 99.8 Å². The second kappa shape index (κ2) is 12.3. The van der Waals surface area contributed by atoms with Crippen LogP contribution in [0.1, 0.15) is 54.0 Å². The number of aryl methyl sites for hydroxylation is 1. The summed E-state index contributed by atoms with van der Waals surface area (Å²) in [6.07, 6.45) is 2.12. The van der Waals surface area contributed by atoms with Gasteiger partial charge in [-0.3, -0.25) is 0 Å². The van der Waals surface area contributed by atoms with Crippen molar-refractivity contribution in [1.29, 1.82) is 0 Å². The van der Waals surface area contributed by atoms with E-state index in [1.54, 1.807) is 0 Å². The van der Waals surface area contributed by atoms with Gasteiger partial charge in [-0.05, 0) is 128 Å². The van der Waals surface area contributed by atoms with Crippen molar-refractivity contribution in [1.82, 2.24) is 4.57 Å². The average molecular weight is 704 g/mol. The van der Waals surface area contributed by atoms with Crippen molar-refractivity contribution >= 4 is 21.8 Å². The SMILES string of the molecule is CC1(C)c2ccccc2-c2cc3c4cc(-c5ccc6c(c5)-c5ccccc5C(c5cccc(-c7ccccc7)c5)CC6)ccc4n(-c4ccccc4)c3cc21. The van der Waals surface area contributed by atoms with Crippen LogP contribution < -0.4 is 0 Å². The van der Waals surface area contributed by atoms with Gasteiger partial charge < -0.3 is 4.57 Å². The van der Waals surface area contributed by atoms with Gasteiger partial charge in [-0.1, -0.05) is 153 Å². The monoisotopic (exact) mass is 703 g/mol. The molecule has 1 heteroatoms. The summed E-state index contributed by atoms with van der Waals surface area (Å²) in [6, 6.07) is 68.2. The summed E-state index contributed by atoms with van der Waals surface area (Å²) in [5.41, 5.74) is 21.1. The quantitative estimate of drug-likeness (QED) is 0.172. The molecule has 1 aromatic heterocycles. The first-order chi connectivity index (χ1) is 27.0. The van der Waals surface area contributed by atoms with Crippen LogP contribution in [0.2, 0.25) is 0 Å². The molecule has 0 spiro atoms. The Morgan fingerprint density at radius 1 is 0.455 bits per heavy atom. The molecular weight excluding hydrogens is 663 g/mol. The molecule has 0 bridgehead atoms. The Morgan fingerprint density at radius 3 is 1.98 bits per heavy atom. The predicted octanol–water partition coefficient (Wildman–Crippen LogP) is 14.2. The Bertz CT molecular complexity index is 2940. The first-order valence-corrected chi connectivity index (χ1v) is 19.7. The van der Waals surface area contributed by atoms with Crippen LogP contribution in [0.3, 0.4) is 0 Å². The highest BCUT2D eigenvalue weighted by Crippen LogP contribution is 2.51. The van der Waals surface area contributed by atoms with Crippen molar-refractivity contribution in [2.24, 2.45) is 0 Å². The molecular formula is C54H41N. The van der Waals surface area contributed by atoms with Crippen LogP contribution in [-0.4, -0.2) is 4.57 Å². The first-order valence-electron chi connectivity index (χ1n) is 19.7. The number of rotatable bonds is 4. The highest BCUT2D eigenvalue weighted by molar-refractivity contribution is 6.12. The maximum absolute atomic E-state index is 2.48. The van der Waals surface area contributed by atoms with Gasteiger partial charge in [-0.25, -0.2) is 0 Å². The fourth-order valence-electron chi connectivity index (χ4n) is 9.89. The Labute approximate surface area is 323 Å². The third kappa shape index (κ3) is 5.00. The van der Waals surface area contributed by atoms with E-state index in [-0.39, 0.29) is 5.41 Å². The van der Waals surface area contributed by atoms with Crippen molar-refractivity contribution in [2.45, 2.75) is 38.0 Å². The number of nitrogens with zero attached hydrogens (tertiary/aromatic N) is 1. The fraction of sp³-hybridized carbons (Fsp3) is 0.111. The van der Waals surface area contributed by atoms with Crippen molar-refractivity contribution in [3.05, 3.63) is 210 Å². The van der Waals surface area contributed by atoms with E-state index in [4.69, 9.17) is 0 Å². The largest absolute Gasteiger partial charge is 0.309 e. The van der Waals surface area contributed by atoms with Gasteiger partial charge in [0.05, 0.1) is 11.0 Å². The van der Waals surface area contributed by atoms with Crippen LogP contribution >= 0.6 is 0 Å². The molecule has 0 fully saturated rings. The van der Waals surface area contributed by atoms with Gasteiger partial charge in [-0.2, -0.15) is 0 Å². The van der Waals surface area contributed by atoms with Crippen molar-refractivity contribution < 1.29 is 0 Å². The molecule has 0 aliphatic heterocycles. The molecule has 2 aliphatic rings. The van der Waals surface area contributed by atoms with E-state index in [1.807, 2.05) is 0 Å². The van der Waals surface area contributed by atoms with Gasteiger partial charge in [0.15, 0.2) is 0 Å². The minimum absolute atomic E-state index is 0.0644. The molecule has 1 unspecified atom stereocenters. The lowest BCUT2D eigenvalue weighted by Gasteiger charge is -2.21. The van der Waals surface area contributed by atoms with E-state index in [9.17, 15) is 0 Å². The maximum atomic E-state index is 2.48. The molecule has 0 saturated heterocycles. The fourth-order valence-corrected chi connectivity index (χ4v) is 9.89. The molecule has 8 aromatic carbocycles. The number of fused-ring (bicyclic) bond motifs is 9. The van der Waals surface area contributed by atoms with Gasteiger partial charge in [0, 0.05) is 27.8 Å². The number of benzene rings is 8. The van der Waals surface area contributed by atoms with Crippen LogP contribution in [-0.2, 0) is 11.8 Å². The minimum atomic E-state index is -0.0644. The molecule has 262 valence electrons. The molecule has 11 rings (SSSR count). The van der Waals surface area contributed by atoms with Crippen LogP contribution in [0, 0.1) is 0 Å². The lowest BCUT2D eigenvalue weighted by molar-refractivity contribution is 0.661. The van der Waals surface area contributed by atoms with E-state index in [0.717, 1.165) is 12.8 Å². The highest BCUT2D eigenvalue weighted by atomic mass is 15.0. The third-order valence-electron chi connectivity index (χ3n) is 12.7. The number of hydrogen-bond donors (Lipinski definition) is 0. The average Bonchev–Trinajstić information content (AvgIpc) is 3.60. The zero-order valence-corrected chi connectivity index (χ0v) is 31.3. The first kappa shape index (κ1) is 32.0. The number of hydrogen-bond acceptors (Lipinski definition) is 0. The normalized spacial score (nSPS) is 15.3. The van der Waals surface area contributed by atoms with Gasteiger partial charge in [0.2, 0.25) is 0 Å². The topological polar surface area (TPSA) is 4.93 Å². The van der Waals surface area contributed by atoms with Crippen molar-refractivity contribution in [3.8, 4) is 50.2 Å². The Hall–Kier alpha value is -6.44. The van der Waals surface area contributed by atoms with E-state index in [0.29, 0.717) is 5.92 Å². The Kier molecular flexibility index (Phi) is 7.16. The lowest BCUT2D eigenvalue weighted by atomic mass is 9.82. The molecule has 2 aliphatic carbocycles. The predicted molar refractivity (Wildman–Crippen MR) is 231 cm³/mol. The molecule has 0 radical (unpaired) electrons. The smallest absolute Gasteiger partial charge is 0.0544 e. The Morgan fingerprint density at radius 2 is 1.13 bits per heavy atom. The molecule has 0 N–H and O–H groups in total. The van der Waals surface area contributed by atoms with Gasteiger partial charge in [0.25, 0.3) is 0 Å². The summed E-state index contributed by atoms with van der Waals surface area (Å²) < 4.78 is 2.47. The second-order valence-corrected chi connectivity index (χ2v) is 16.0. The van der Waals surface area contributed by atoms with E-state index < -0.39 is 0 Å². The summed E-state index contributed by atoms with van der Waals surface area (Å²) in [4.78, 5) is 0. The molecule has 1 atom stereocenters. The summed E-state index contributed by atoms with van der Waals surface area (Å²) >= 11 is 0. The summed E-state index contributed by atoms with van der Waals surface area (Å²) in [7, 11) is 0. The molecule has 0 amide bonds.